The molecule has 4 aromatic carbocycles. The van der Waals surface area contributed by atoms with Crippen molar-refractivity contribution in [1.82, 2.24) is 10.2 Å². The van der Waals surface area contributed by atoms with E-state index in [9.17, 15) is 18.0 Å². The van der Waals surface area contributed by atoms with E-state index < -0.39 is 28.5 Å². The third-order valence-corrected chi connectivity index (χ3v) is 8.72. The van der Waals surface area contributed by atoms with E-state index in [2.05, 4.69) is 5.32 Å². The maximum atomic E-state index is 14.2. The number of carbonyl (C=O) groups is 2. The number of carbonyl (C=O) groups excluding carboxylic acids is 2. The fourth-order valence-corrected chi connectivity index (χ4v) is 6.10. The summed E-state index contributed by atoms with van der Waals surface area (Å²) in [6, 6.07) is 30.4. The Bertz CT molecular complexity index is 1580. The highest BCUT2D eigenvalue weighted by Gasteiger charge is 2.34. The number of benzene rings is 4. The summed E-state index contributed by atoms with van der Waals surface area (Å²) in [6.45, 7) is 1.54. The van der Waals surface area contributed by atoms with Crippen LogP contribution < -0.4 is 9.62 Å². The Morgan fingerprint density at radius 1 is 0.829 bits per heavy atom. The molecule has 0 spiro atoms. The SMILES string of the molecule is CNC(=O)[C@@H](Cc1ccccc1)N(Cc1ccc(C)cc1)C(=O)CN(c1cccc(Cl)c1)S(=O)(=O)c1ccccc1. The quantitative estimate of drug-likeness (QED) is 0.260. The molecule has 1 atom stereocenters. The summed E-state index contributed by atoms with van der Waals surface area (Å²) in [5.74, 6) is -0.885. The van der Waals surface area contributed by atoms with Crippen molar-refractivity contribution < 1.29 is 18.0 Å². The molecule has 0 heterocycles. The number of hydrogen-bond donors (Lipinski definition) is 1. The molecule has 0 aliphatic carbocycles. The lowest BCUT2D eigenvalue weighted by Crippen LogP contribution is -2.53. The molecule has 1 N–H and O–H groups in total. The number of hydrogen-bond acceptors (Lipinski definition) is 4. The lowest BCUT2D eigenvalue weighted by molar-refractivity contribution is -0.139. The Balaban J connectivity index is 1.78. The molecule has 4 aromatic rings. The van der Waals surface area contributed by atoms with Gasteiger partial charge >= 0.3 is 0 Å². The van der Waals surface area contributed by atoms with Crippen LogP contribution in [-0.2, 0) is 32.6 Å². The van der Waals surface area contributed by atoms with Crippen LogP contribution in [0.25, 0.3) is 0 Å². The Morgan fingerprint density at radius 3 is 2.07 bits per heavy atom. The standard InChI is InChI=1S/C32H32ClN3O4S/c1-24-16-18-26(19-17-24)22-35(30(32(38)34-2)20-25-10-5-3-6-11-25)31(37)23-36(28-13-9-12-27(33)21-28)41(39,40)29-14-7-4-8-15-29/h3-19,21,30H,20,22-23H2,1-2H3,(H,34,38)/t30-/m1/s1. The van der Waals surface area contributed by atoms with Gasteiger partial charge in [0.15, 0.2) is 0 Å². The second kappa shape index (κ2) is 13.5. The van der Waals surface area contributed by atoms with E-state index in [1.54, 1.807) is 36.4 Å². The predicted molar refractivity (Wildman–Crippen MR) is 162 cm³/mol. The van der Waals surface area contributed by atoms with Crippen molar-refractivity contribution in [3.63, 3.8) is 0 Å². The number of nitrogens with one attached hydrogen (secondary N) is 1. The van der Waals surface area contributed by atoms with Crippen molar-refractivity contribution >= 4 is 39.1 Å². The Labute approximate surface area is 246 Å². The topological polar surface area (TPSA) is 86.8 Å². The molecule has 0 bridgehead atoms. The molecular formula is C32H32ClN3O4S. The largest absolute Gasteiger partial charge is 0.357 e. The minimum atomic E-state index is -4.16. The van der Waals surface area contributed by atoms with Gasteiger partial charge in [0.2, 0.25) is 11.8 Å². The molecule has 0 fully saturated rings. The molecular weight excluding hydrogens is 558 g/mol. The van der Waals surface area contributed by atoms with Gasteiger partial charge in [-0.3, -0.25) is 13.9 Å². The van der Waals surface area contributed by atoms with Crippen molar-refractivity contribution in [2.45, 2.75) is 30.8 Å². The van der Waals surface area contributed by atoms with Crippen LogP contribution in [0.5, 0.6) is 0 Å². The van der Waals surface area contributed by atoms with Crippen LogP contribution in [-0.4, -0.2) is 44.8 Å². The van der Waals surface area contributed by atoms with Crippen molar-refractivity contribution in [3.05, 3.63) is 131 Å². The first-order valence-electron chi connectivity index (χ1n) is 13.1. The Hall–Kier alpha value is -4.14. The van der Waals surface area contributed by atoms with Crippen molar-refractivity contribution in [3.8, 4) is 0 Å². The van der Waals surface area contributed by atoms with Crippen LogP contribution in [0.15, 0.2) is 114 Å². The van der Waals surface area contributed by atoms with Gasteiger partial charge in [0.1, 0.15) is 12.6 Å². The number of nitrogens with zero attached hydrogens (tertiary/aromatic N) is 2. The molecule has 2 amide bonds. The lowest BCUT2D eigenvalue weighted by atomic mass is 10.0. The Morgan fingerprint density at radius 2 is 1.46 bits per heavy atom. The van der Waals surface area contributed by atoms with Crippen LogP contribution in [0.1, 0.15) is 16.7 Å². The number of anilines is 1. The molecule has 0 unspecified atom stereocenters. The fraction of sp³-hybridized carbons (Fsp3) is 0.188. The maximum absolute atomic E-state index is 14.2. The lowest BCUT2D eigenvalue weighted by Gasteiger charge is -2.33. The summed E-state index contributed by atoms with van der Waals surface area (Å²) in [6.07, 6.45) is 0.251. The smallest absolute Gasteiger partial charge is 0.264 e. The van der Waals surface area contributed by atoms with Gasteiger partial charge in [0.25, 0.3) is 10.0 Å². The third kappa shape index (κ3) is 7.54. The minimum Gasteiger partial charge on any atom is -0.357 e. The van der Waals surface area contributed by atoms with Gasteiger partial charge in [-0.2, -0.15) is 0 Å². The summed E-state index contributed by atoms with van der Waals surface area (Å²) >= 11 is 6.24. The summed E-state index contributed by atoms with van der Waals surface area (Å²) in [7, 11) is -2.64. The van der Waals surface area contributed by atoms with Crippen LogP contribution in [0.2, 0.25) is 5.02 Å². The second-order valence-corrected chi connectivity index (χ2v) is 11.9. The molecule has 212 valence electrons. The molecule has 9 heteroatoms. The molecule has 4 rings (SSSR count). The summed E-state index contributed by atoms with van der Waals surface area (Å²) in [5.41, 5.74) is 2.97. The number of rotatable bonds is 11. The molecule has 0 aromatic heterocycles. The van der Waals surface area contributed by atoms with Gasteiger partial charge in [0, 0.05) is 25.0 Å². The van der Waals surface area contributed by atoms with Gasteiger partial charge in [0.05, 0.1) is 10.6 Å². The van der Waals surface area contributed by atoms with E-state index in [-0.39, 0.29) is 29.5 Å². The fourth-order valence-electron chi connectivity index (χ4n) is 4.49. The first kappa shape index (κ1) is 29.8. The molecule has 0 aliphatic heterocycles. The number of aryl methyl sites for hydroxylation is 1. The monoisotopic (exact) mass is 589 g/mol. The van der Waals surface area contributed by atoms with E-state index in [1.807, 2.05) is 61.5 Å². The predicted octanol–water partition coefficient (Wildman–Crippen LogP) is 5.23. The van der Waals surface area contributed by atoms with E-state index in [4.69, 9.17) is 11.6 Å². The highest BCUT2D eigenvalue weighted by atomic mass is 35.5. The van der Waals surface area contributed by atoms with Crippen LogP contribution in [0.4, 0.5) is 5.69 Å². The van der Waals surface area contributed by atoms with Crippen LogP contribution in [0.3, 0.4) is 0 Å². The number of amides is 2. The molecule has 0 radical (unpaired) electrons. The van der Waals surface area contributed by atoms with Gasteiger partial charge < -0.3 is 10.2 Å². The summed E-state index contributed by atoms with van der Waals surface area (Å²) in [5, 5.41) is 3.01. The van der Waals surface area contributed by atoms with Gasteiger partial charge in [-0.05, 0) is 48.4 Å². The average molecular weight is 590 g/mol. The first-order valence-corrected chi connectivity index (χ1v) is 14.9. The molecule has 0 saturated heterocycles. The third-order valence-electron chi connectivity index (χ3n) is 6.70. The van der Waals surface area contributed by atoms with E-state index in [1.165, 1.54) is 30.1 Å². The number of halogens is 1. The van der Waals surface area contributed by atoms with Crippen LogP contribution in [0, 0.1) is 6.92 Å². The van der Waals surface area contributed by atoms with E-state index >= 15 is 0 Å². The average Bonchev–Trinajstić information content (AvgIpc) is 2.99. The van der Waals surface area contributed by atoms with Crippen LogP contribution >= 0.6 is 11.6 Å². The summed E-state index contributed by atoms with van der Waals surface area (Å²) < 4.78 is 28.8. The van der Waals surface area contributed by atoms with Gasteiger partial charge in [-0.15, -0.1) is 0 Å². The highest BCUT2D eigenvalue weighted by Crippen LogP contribution is 2.27. The van der Waals surface area contributed by atoms with Crippen molar-refractivity contribution in [2.75, 3.05) is 17.9 Å². The van der Waals surface area contributed by atoms with Gasteiger partial charge in [-0.25, -0.2) is 8.42 Å². The Kier molecular flexibility index (Phi) is 9.81. The second-order valence-electron chi connectivity index (χ2n) is 9.63. The highest BCUT2D eigenvalue weighted by molar-refractivity contribution is 7.92. The molecule has 0 aliphatic rings. The number of sulfonamides is 1. The molecule has 0 saturated carbocycles. The minimum absolute atomic E-state index is 0.0324. The maximum Gasteiger partial charge on any atom is 0.264 e. The van der Waals surface area contributed by atoms with Crippen molar-refractivity contribution in [2.24, 2.45) is 0 Å². The molecule has 7 nitrogen and oxygen atoms in total. The van der Waals surface area contributed by atoms with Gasteiger partial charge in [-0.1, -0.05) is 96.0 Å². The normalized spacial score (nSPS) is 11.9. The number of likely N-dealkylation sites (N-methyl/N-ethyl adjacent to an activating group) is 1. The first-order chi connectivity index (χ1) is 19.7. The zero-order chi connectivity index (χ0) is 29.4. The molecule has 41 heavy (non-hydrogen) atoms. The summed E-state index contributed by atoms with van der Waals surface area (Å²) in [4.78, 5) is 29.0. The zero-order valence-corrected chi connectivity index (χ0v) is 24.5. The van der Waals surface area contributed by atoms with E-state index in [0.29, 0.717) is 5.02 Å². The van der Waals surface area contributed by atoms with Crippen molar-refractivity contribution in [1.29, 1.82) is 0 Å². The van der Waals surface area contributed by atoms with E-state index in [0.717, 1.165) is 21.0 Å². The zero-order valence-electron chi connectivity index (χ0n) is 22.9.